The van der Waals surface area contributed by atoms with Crippen molar-refractivity contribution in [1.82, 2.24) is 14.5 Å². The average molecular weight is 336 g/mol. The summed E-state index contributed by atoms with van der Waals surface area (Å²) in [6, 6.07) is 9.85. The standard InChI is InChI=1S/C19H20N4O2/c1-11(24)12-3-5-13(6-4-12)15-9-16-17(19(25)23(2)10-20-16)18(22-15)21-14-7-8-14/h3-6,9-11,14,24H,7-8H2,1-2H3,(H,21,22). The lowest BCUT2D eigenvalue weighted by molar-refractivity contribution is 0.199. The number of pyridine rings is 1. The van der Waals surface area contributed by atoms with E-state index in [1.807, 2.05) is 30.3 Å². The fourth-order valence-corrected chi connectivity index (χ4v) is 2.83. The van der Waals surface area contributed by atoms with Crippen molar-refractivity contribution < 1.29 is 5.11 Å². The first kappa shape index (κ1) is 15.8. The van der Waals surface area contributed by atoms with Gasteiger partial charge >= 0.3 is 0 Å². The molecule has 128 valence electrons. The molecular formula is C19H20N4O2. The van der Waals surface area contributed by atoms with Gasteiger partial charge in [-0.25, -0.2) is 9.97 Å². The van der Waals surface area contributed by atoms with Gasteiger partial charge in [0.05, 0.1) is 23.6 Å². The second-order valence-electron chi connectivity index (χ2n) is 6.63. The van der Waals surface area contributed by atoms with Gasteiger partial charge in [-0.3, -0.25) is 4.79 Å². The molecule has 1 unspecified atom stereocenters. The van der Waals surface area contributed by atoms with E-state index in [1.165, 1.54) is 10.9 Å². The molecule has 0 aliphatic heterocycles. The van der Waals surface area contributed by atoms with Gasteiger partial charge in [0.25, 0.3) is 5.56 Å². The Labute approximate surface area is 145 Å². The minimum absolute atomic E-state index is 0.100. The molecule has 2 N–H and O–H groups in total. The molecule has 0 bridgehead atoms. The number of aliphatic hydroxyl groups is 1. The molecule has 0 saturated heterocycles. The highest BCUT2D eigenvalue weighted by Crippen LogP contribution is 2.30. The molecule has 1 aliphatic carbocycles. The van der Waals surface area contributed by atoms with E-state index in [2.05, 4.69) is 10.3 Å². The lowest BCUT2D eigenvalue weighted by atomic mass is 10.1. The number of benzene rings is 1. The van der Waals surface area contributed by atoms with Crippen LogP contribution in [0.1, 0.15) is 31.4 Å². The number of rotatable bonds is 4. The fraction of sp³-hybridized carbons (Fsp3) is 0.316. The highest BCUT2D eigenvalue weighted by molar-refractivity contribution is 5.91. The number of nitrogens with one attached hydrogen (secondary N) is 1. The number of nitrogens with zero attached hydrogens (tertiary/aromatic N) is 3. The minimum atomic E-state index is -0.504. The van der Waals surface area contributed by atoms with Crippen LogP contribution in [0.4, 0.5) is 5.82 Å². The third-order valence-electron chi connectivity index (χ3n) is 4.51. The zero-order valence-corrected chi connectivity index (χ0v) is 14.2. The largest absolute Gasteiger partial charge is 0.389 e. The molecule has 25 heavy (non-hydrogen) atoms. The Bertz CT molecular complexity index is 989. The molecule has 4 rings (SSSR count). The molecule has 1 fully saturated rings. The first-order valence-electron chi connectivity index (χ1n) is 8.44. The van der Waals surface area contributed by atoms with Gasteiger partial charge in [0.2, 0.25) is 0 Å². The second kappa shape index (κ2) is 5.97. The molecule has 3 aromatic rings. The molecule has 6 heteroatoms. The number of fused-ring (bicyclic) bond motifs is 1. The summed E-state index contributed by atoms with van der Waals surface area (Å²) in [5.41, 5.74) is 3.07. The van der Waals surface area contributed by atoms with Gasteiger partial charge in [-0.15, -0.1) is 0 Å². The Kier molecular flexibility index (Phi) is 3.77. The first-order chi connectivity index (χ1) is 12.0. The third kappa shape index (κ3) is 3.00. The fourth-order valence-electron chi connectivity index (χ4n) is 2.83. The van der Waals surface area contributed by atoms with E-state index >= 15 is 0 Å². The molecule has 0 radical (unpaired) electrons. The van der Waals surface area contributed by atoms with Crippen LogP contribution in [0.5, 0.6) is 0 Å². The number of aromatic nitrogens is 3. The van der Waals surface area contributed by atoms with Crippen molar-refractivity contribution in [1.29, 1.82) is 0 Å². The zero-order chi connectivity index (χ0) is 17.6. The summed E-state index contributed by atoms with van der Waals surface area (Å²) in [6.07, 6.45) is 3.22. The van der Waals surface area contributed by atoms with Crippen molar-refractivity contribution in [2.45, 2.75) is 31.9 Å². The van der Waals surface area contributed by atoms with Crippen LogP contribution in [0.25, 0.3) is 22.2 Å². The topological polar surface area (TPSA) is 80.0 Å². The highest BCUT2D eigenvalue weighted by Gasteiger charge is 2.24. The van der Waals surface area contributed by atoms with Crippen molar-refractivity contribution in [3.05, 3.63) is 52.6 Å². The van der Waals surface area contributed by atoms with Gasteiger partial charge in [0.15, 0.2) is 0 Å². The van der Waals surface area contributed by atoms with Crippen LogP contribution in [-0.2, 0) is 7.05 Å². The van der Waals surface area contributed by atoms with Crippen LogP contribution in [0.2, 0.25) is 0 Å². The van der Waals surface area contributed by atoms with Crippen LogP contribution in [-0.4, -0.2) is 25.7 Å². The number of hydrogen-bond donors (Lipinski definition) is 2. The number of anilines is 1. The van der Waals surface area contributed by atoms with E-state index in [-0.39, 0.29) is 5.56 Å². The van der Waals surface area contributed by atoms with Gasteiger partial charge in [-0.1, -0.05) is 24.3 Å². The lowest BCUT2D eigenvalue weighted by Gasteiger charge is -2.12. The van der Waals surface area contributed by atoms with E-state index in [4.69, 9.17) is 4.98 Å². The van der Waals surface area contributed by atoms with E-state index < -0.39 is 6.10 Å². The molecule has 2 aromatic heterocycles. The summed E-state index contributed by atoms with van der Waals surface area (Å²) in [5, 5.41) is 13.6. The smallest absolute Gasteiger partial charge is 0.264 e. The zero-order valence-electron chi connectivity index (χ0n) is 14.2. The van der Waals surface area contributed by atoms with E-state index in [0.29, 0.717) is 22.8 Å². The van der Waals surface area contributed by atoms with Crippen LogP contribution in [0.3, 0.4) is 0 Å². The Morgan fingerprint density at radius 2 is 2.00 bits per heavy atom. The molecule has 0 spiro atoms. The molecular weight excluding hydrogens is 316 g/mol. The SMILES string of the molecule is CC(O)c1ccc(-c2cc3ncn(C)c(=O)c3c(NC3CC3)n2)cc1. The molecule has 2 heterocycles. The minimum Gasteiger partial charge on any atom is -0.389 e. The van der Waals surface area contributed by atoms with E-state index in [9.17, 15) is 9.90 Å². The molecule has 1 aliphatic rings. The monoisotopic (exact) mass is 336 g/mol. The Morgan fingerprint density at radius 3 is 2.64 bits per heavy atom. The van der Waals surface area contributed by atoms with Crippen molar-refractivity contribution in [2.75, 3.05) is 5.32 Å². The van der Waals surface area contributed by atoms with Gasteiger partial charge in [0.1, 0.15) is 11.2 Å². The lowest BCUT2D eigenvalue weighted by Crippen LogP contribution is -2.19. The summed E-state index contributed by atoms with van der Waals surface area (Å²) in [5.74, 6) is 0.600. The Hall–Kier alpha value is -2.73. The van der Waals surface area contributed by atoms with Crippen LogP contribution < -0.4 is 10.9 Å². The Morgan fingerprint density at radius 1 is 1.28 bits per heavy atom. The third-order valence-corrected chi connectivity index (χ3v) is 4.51. The van der Waals surface area contributed by atoms with E-state index in [1.54, 1.807) is 14.0 Å². The summed E-state index contributed by atoms with van der Waals surface area (Å²) in [7, 11) is 1.69. The van der Waals surface area contributed by atoms with Crippen molar-refractivity contribution >= 4 is 16.7 Å². The van der Waals surface area contributed by atoms with Crippen molar-refractivity contribution in [2.24, 2.45) is 7.05 Å². The Balaban J connectivity index is 1.87. The van der Waals surface area contributed by atoms with Crippen LogP contribution in [0, 0.1) is 0 Å². The maximum absolute atomic E-state index is 12.5. The van der Waals surface area contributed by atoms with Gasteiger partial charge in [0, 0.05) is 18.7 Å². The maximum Gasteiger partial charge on any atom is 0.264 e. The number of hydrogen-bond acceptors (Lipinski definition) is 5. The van der Waals surface area contributed by atoms with Gasteiger partial charge in [-0.2, -0.15) is 0 Å². The normalized spacial score (nSPS) is 15.3. The van der Waals surface area contributed by atoms with Gasteiger partial charge < -0.3 is 15.0 Å². The summed E-state index contributed by atoms with van der Waals surface area (Å²) in [4.78, 5) is 21.6. The van der Waals surface area contributed by atoms with Crippen molar-refractivity contribution in [3.8, 4) is 11.3 Å². The molecule has 1 saturated carbocycles. The van der Waals surface area contributed by atoms with E-state index in [0.717, 1.165) is 29.7 Å². The van der Waals surface area contributed by atoms with Crippen molar-refractivity contribution in [3.63, 3.8) is 0 Å². The summed E-state index contributed by atoms with van der Waals surface area (Å²) in [6.45, 7) is 1.74. The highest BCUT2D eigenvalue weighted by atomic mass is 16.3. The molecule has 1 atom stereocenters. The molecule has 6 nitrogen and oxygen atoms in total. The maximum atomic E-state index is 12.5. The molecule has 1 aromatic carbocycles. The summed E-state index contributed by atoms with van der Waals surface area (Å²) >= 11 is 0. The first-order valence-corrected chi connectivity index (χ1v) is 8.44. The molecule has 0 amide bonds. The van der Waals surface area contributed by atoms with Crippen LogP contribution in [0.15, 0.2) is 41.5 Å². The average Bonchev–Trinajstić information content (AvgIpc) is 3.42. The number of aliphatic hydroxyl groups excluding tert-OH is 1. The number of aryl methyl sites for hydroxylation is 1. The predicted molar refractivity (Wildman–Crippen MR) is 97.5 cm³/mol. The quantitative estimate of drug-likeness (QED) is 0.765. The second-order valence-corrected chi connectivity index (χ2v) is 6.63. The van der Waals surface area contributed by atoms with Gasteiger partial charge in [-0.05, 0) is 31.4 Å². The predicted octanol–water partition coefficient (Wildman–Crippen LogP) is 2.62. The summed E-state index contributed by atoms with van der Waals surface area (Å²) < 4.78 is 1.47. The van der Waals surface area contributed by atoms with Crippen LogP contribution >= 0.6 is 0 Å².